The van der Waals surface area contributed by atoms with Gasteiger partial charge in [-0.15, -0.1) is 11.3 Å². The Morgan fingerprint density at radius 1 is 1.50 bits per heavy atom. The van der Waals surface area contributed by atoms with Crippen molar-refractivity contribution in [3.8, 4) is 0 Å². The average Bonchev–Trinajstić information content (AvgIpc) is 3.10. The first-order chi connectivity index (χ1) is 11.5. The molecule has 2 aromatic rings. The number of aromatic nitrogens is 1. The Balaban J connectivity index is 1.88. The number of aryl methyl sites for hydroxylation is 1. The number of nitrogens with zero attached hydrogens (tertiary/aromatic N) is 2. The molecule has 3 rings (SSSR count). The Bertz CT molecular complexity index is 780. The number of nitrogens with two attached hydrogens (primary N) is 1. The Morgan fingerprint density at radius 3 is 2.92 bits per heavy atom. The smallest absolute Gasteiger partial charge is 0.278 e. The fourth-order valence-corrected chi connectivity index (χ4v) is 4.24. The van der Waals surface area contributed by atoms with Crippen LogP contribution in [-0.2, 0) is 13.0 Å². The highest BCUT2D eigenvalue weighted by Gasteiger charge is 2.28. The van der Waals surface area contributed by atoms with Crippen LogP contribution in [0.25, 0.3) is 0 Å². The van der Waals surface area contributed by atoms with Crippen molar-refractivity contribution in [2.24, 2.45) is 5.73 Å². The van der Waals surface area contributed by atoms with E-state index in [1.165, 1.54) is 11.3 Å². The van der Waals surface area contributed by atoms with Crippen LogP contribution in [0, 0.1) is 6.92 Å². The maximum absolute atomic E-state index is 12.3. The maximum Gasteiger partial charge on any atom is 0.278 e. The van der Waals surface area contributed by atoms with E-state index in [1.807, 2.05) is 0 Å². The van der Waals surface area contributed by atoms with E-state index in [0.717, 1.165) is 42.9 Å². The van der Waals surface area contributed by atoms with Gasteiger partial charge in [0.15, 0.2) is 5.69 Å². The molecule has 0 spiro atoms. The van der Waals surface area contributed by atoms with Crippen molar-refractivity contribution >= 4 is 28.2 Å². The summed E-state index contributed by atoms with van der Waals surface area (Å²) in [5.41, 5.74) is 7.14. The predicted molar refractivity (Wildman–Crippen MR) is 91.3 cm³/mol. The lowest BCUT2D eigenvalue weighted by atomic mass is 10.0. The van der Waals surface area contributed by atoms with Gasteiger partial charge in [-0.3, -0.25) is 14.5 Å². The van der Waals surface area contributed by atoms with Gasteiger partial charge in [0.1, 0.15) is 10.8 Å². The number of thiophene rings is 1. The molecule has 2 aromatic heterocycles. The molecule has 0 fully saturated rings. The van der Waals surface area contributed by atoms with Gasteiger partial charge in [0, 0.05) is 24.0 Å². The first-order valence-corrected chi connectivity index (χ1v) is 8.72. The molecule has 0 radical (unpaired) electrons. The van der Waals surface area contributed by atoms with Crippen molar-refractivity contribution in [3.05, 3.63) is 33.5 Å². The van der Waals surface area contributed by atoms with Gasteiger partial charge >= 0.3 is 0 Å². The van der Waals surface area contributed by atoms with E-state index in [2.05, 4.69) is 22.3 Å². The van der Waals surface area contributed by atoms with Crippen molar-refractivity contribution in [3.63, 3.8) is 0 Å². The molecular weight excluding hydrogens is 328 g/mol. The van der Waals surface area contributed by atoms with E-state index in [4.69, 9.17) is 10.3 Å². The molecule has 0 aliphatic carbocycles. The molecule has 8 heteroatoms. The highest BCUT2D eigenvalue weighted by atomic mass is 32.1. The molecule has 0 unspecified atom stereocenters. The summed E-state index contributed by atoms with van der Waals surface area (Å²) in [6, 6.07) is 1.55. The standard InChI is InChI=1S/C16H20N4O3S/c1-3-5-20-6-4-10-12(8-20)24-16(13(10)14(17)21)18-15(22)11-7-9(2)23-19-11/h7H,3-6,8H2,1-2H3,(H2,17,21)(H,18,22). The summed E-state index contributed by atoms with van der Waals surface area (Å²) < 4.78 is 4.92. The number of nitrogens with one attached hydrogen (secondary N) is 1. The van der Waals surface area contributed by atoms with Crippen molar-refractivity contribution in [1.29, 1.82) is 0 Å². The third-order valence-electron chi connectivity index (χ3n) is 4.01. The van der Waals surface area contributed by atoms with Crippen LogP contribution < -0.4 is 11.1 Å². The van der Waals surface area contributed by atoms with Crippen LogP contribution in [0.1, 0.15) is 50.4 Å². The SMILES string of the molecule is CCCN1CCc2c(sc(NC(=O)c3cc(C)on3)c2C(N)=O)C1. The fraction of sp³-hybridized carbons (Fsp3) is 0.438. The van der Waals surface area contributed by atoms with Gasteiger partial charge in [-0.2, -0.15) is 0 Å². The number of hydrogen-bond donors (Lipinski definition) is 2. The summed E-state index contributed by atoms with van der Waals surface area (Å²) in [6.45, 7) is 6.55. The van der Waals surface area contributed by atoms with Crippen molar-refractivity contribution < 1.29 is 14.1 Å². The quantitative estimate of drug-likeness (QED) is 0.862. The molecule has 0 saturated carbocycles. The summed E-state index contributed by atoms with van der Waals surface area (Å²) in [4.78, 5) is 27.6. The molecule has 7 nitrogen and oxygen atoms in total. The van der Waals surface area contributed by atoms with E-state index < -0.39 is 11.8 Å². The number of anilines is 1. The number of fused-ring (bicyclic) bond motifs is 1. The molecule has 128 valence electrons. The summed E-state index contributed by atoms with van der Waals surface area (Å²) in [5.74, 6) is -0.364. The predicted octanol–water partition coefficient (Wildman–Crippen LogP) is 2.16. The lowest BCUT2D eigenvalue weighted by molar-refractivity contribution is 0.1000. The second kappa shape index (κ2) is 6.74. The van der Waals surface area contributed by atoms with Gasteiger partial charge in [-0.25, -0.2) is 0 Å². The van der Waals surface area contributed by atoms with E-state index in [-0.39, 0.29) is 5.69 Å². The zero-order valence-corrected chi connectivity index (χ0v) is 14.5. The lowest BCUT2D eigenvalue weighted by Crippen LogP contribution is -2.31. The molecule has 0 bridgehead atoms. The van der Waals surface area contributed by atoms with Crippen LogP contribution in [0.4, 0.5) is 5.00 Å². The van der Waals surface area contributed by atoms with Crippen LogP contribution in [0.15, 0.2) is 10.6 Å². The number of carbonyl (C=O) groups is 2. The van der Waals surface area contributed by atoms with Crippen molar-refractivity contribution in [2.45, 2.75) is 33.2 Å². The molecule has 1 aliphatic rings. The molecule has 0 atom stereocenters. The van der Waals surface area contributed by atoms with E-state index in [0.29, 0.717) is 16.3 Å². The zero-order chi connectivity index (χ0) is 17.3. The van der Waals surface area contributed by atoms with Gasteiger partial charge < -0.3 is 15.6 Å². The maximum atomic E-state index is 12.3. The van der Waals surface area contributed by atoms with Gasteiger partial charge in [0.2, 0.25) is 0 Å². The first-order valence-electron chi connectivity index (χ1n) is 7.91. The third-order valence-corrected chi connectivity index (χ3v) is 5.14. The van der Waals surface area contributed by atoms with Gasteiger partial charge in [0.25, 0.3) is 11.8 Å². The Hall–Kier alpha value is -2.19. The Morgan fingerprint density at radius 2 is 2.29 bits per heavy atom. The molecule has 3 N–H and O–H groups in total. The Kier molecular flexibility index (Phi) is 4.68. The largest absolute Gasteiger partial charge is 0.365 e. The van der Waals surface area contributed by atoms with Gasteiger partial charge in [-0.1, -0.05) is 12.1 Å². The summed E-state index contributed by atoms with van der Waals surface area (Å²) in [5, 5.41) is 6.96. The molecule has 24 heavy (non-hydrogen) atoms. The molecule has 1 aliphatic heterocycles. The Labute approximate surface area is 143 Å². The highest BCUT2D eigenvalue weighted by Crippen LogP contribution is 2.37. The molecule has 2 amide bonds. The topological polar surface area (TPSA) is 101 Å². The molecule has 0 aromatic carbocycles. The molecule has 0 saturated heterocycles. The second-order valence-corrected chi connectivity index (χ2v) is 6.98. The van der Waals surface area contributed by atoms with Crippen LogP contribution >= 0.6 is 11.3 Å². The third kappa shape index (κ3) is 3.20. The van der Waals surface area contributed by atoms with Crippen molar-refractivity contribution in [2.75, 3.05) is 18.4 Å². The minimum Gasteiger partial charge on any atom is -0.365 e. The average molecular weight is 348 g/mol. The number of rotatable bonds is 5. The summed E-state index contributed by atoms with van der Waals surface area (Å²) in [6.07, 6.45) is 1.85. The van der Waals surface area contributed by atoms with Crippen LogP contribution in [0.5, 0.6) is 0 Å². The first kappa shape index (κ1) is 16.7. The zero-order valence-electron chi connectivity index (χ0n) is 13.7. The number of amides is 2. The lowest BCUT2D eigenvalue weighted by Gasteiger charge is -2.26. The summed E-state index contributed by atoms with van der Waals surface area (Å²) >= 11 is 1.42. The minimum absolute atomic E-state index is 0.182. The fourth-order valence-electron chi connectivity index (χ4n) is 2.95. The van der Waals surface area contributed by atoms with Crippen LogP contribution in [-0.4, -0.2) is 35.0 Å². The van der Waals surface area contributed by atoms with Gasteiger partial charge in [-0.05, 0) is 31.9 Å². The van der Waals surface area contributed by atoms with E-state index in [9.17, 15) is 9.59 Å². The normalized spacial score (nSPS) is 14.4. The monoisotopic (exact) mass is 348 g/mol. The number of hydrogen-bond acceptors (Lipinski definition) is 6. The van der Waals surface area contributed by atoms with E-state index >= 15 is 0 Å². The summed E-state index contributed by atoms with van der Waals surface area (Å²) in [7, 11) is 0. The molecular formula is C16H20N4O3S. The van der Waals surface area contributed by atoms with Crippen LogP contribution in [0.2, 0.25) is 0 Å². The minimum atomic E-state index is -0.511. The van der Waals surface area contributed by atoms with E-state index in [1.54, 1.807) is 13.0 Å². The number of primary amides is 1. The van der Waals surface area contributed by atoms with Crippen LogP contribution in [0.3, 0.4) is 0 Å². The van der Waals surface area contributed by atoms with Crippen molar-refractivity contribution in [1.82, 2.24) is 10.1 Å². The van der Waals surface area contributed by atoms with Gasteiger partial charge in [0.05, 0.1) is 5.56 Å². The highest BCUT2D eigenvalue weighted by molar-refractivity contribution is 7.17. The molecule has 3 heterocycles. The number of carbonyl (C=O) groups excluding carboxylic acids is 2. The second-order valence-electron chi connectivity index (χ2n) is 5.88.